The molecule has 0 aromatic rings. The van der Waals surface area contributed by atoms with Gasteiger partial charge < -0.3 is 10.6 Å². The number of rotatable bonds is 2. The molecule has 14 heavy (non-hydrogen) atoms. The standard InChI is InChI=1S/C10H16N2O.ClH/c13-9(12-7-2-1-3-7)8-4-10(8)5-11-6-10;/h7-8,11H,1-6H2,(H,12,13);1H. The van der Waals surface area contributed by atoms with E-state index in [-0.39, 0.29) is 12.4 Å². The fourth-order valence-corrected chi connectivity index (χ4v) is 2.41. The zero-order chi connectivity index (χ0) is 8.89. The van der Waals surface area contributed by atoms with Crippen LogP contribution in [-0.2, 0) is 4.79 Å². The predicted octanol–water partition coefficient (Wildman–Crippen LogP) is 0.686. The number of hydrogen-bond donors (Lipinski definition) is 2. The van der Waals surface area contributed by atoms with Gasteiger partial charge in [-0.05, 0) is 25.7 Å². The average molecular weight is 217 g/mol. The molecule has 0 aromatic carbocycles. The van der Waals surface area contributed by atoms with Crippen molar-refractivity contribution in [2.45, 2.75) is 31.7 Å². The van der Waals surface area contributed by atoms with Gasteiger partial charge in [0.25, 0.3) is 0 Å². The summed E-state index contributed by atoms with van der Waals surface area (Å²) < 4.78 is 0. The average Bonchev–Trinajstić information content (AvgIpc) is 2.69. The normalized spacial score (nSPS) is 32.4. The highest BCUT2D eigenvalue weighted by Crippen LogP contribution is 2.55. The van der Waals surface area contributed by atoms with Crippen LogP contribution in [0.2, 0.25) is 0 Å². The van der Waals surface area contributed by atoms with Crippen LogP contribution in [0.3, 0.4) is 0 Å². The number of carbonyl (C=O) groups is 1. The van der Waals surface area contributed by atoms with Gasteiger partial charge in [0.05, 0.1) is 0 Å². The van der Waals surface area contributed by atoms with E-state index in [4.69, 9.17) is 0 Å². The second kappa shape index (κ2) is 3.38. The smallest absolute Gasteiger partial charge is 0.224 e. The number of hydrogen-bond acceptors (Lipinski definition) is 2. The van der Waals surface area contributed by atoms with Crippen LogP contribution in [-0.4, -0.2) is 25.0 Å². The molecule has 0 bridgehead atoms. The summed E-state index contributed by atoms with van der Waals surface area (Å²) in [7, 11) is 0. The highest BCUT2D eigenvalue weighted by atomic mass is 35.5. The van der Waals surface area contributed by atoms with Gasteiger partial charge in [0.2, 0.25) is 5.91 Å². The molecule has 2 N–H and O–H groups in total. The Morgan fingerprint density at radius 2 is 2.07 bits per heavy atom. The van der Waals surface area contributed by atoms with E-state index in [1.165, 1.54) is 19.3 Å². The molecule has 1 saturated heterocycles. The predicted molar refractivity (Wildman–Crippen MR) is 56.4 cm³/mol. The van der Waals surface area contributed by atoms with Gasteiger partial charge in [0.1, 0.15) is 0 Å². The van der Waals surface area contributed by atoms with Crippen LogP contribution in [0.1, 0.15) is 25.7 Å². The molecule has 80 valence electrons. The topological polar surface area (TPSA) is 41.1 Å². The molecule has 1 amide bonds. The Kier molecular flexibility index (Phi) is 2.48. The molecule has 2 aliphatic carbocycles. The van der Waals surface area contributed by atoms with Crippen LogP contribution in [0, 0.1) is 11.3 Å². The Morgan fingerprint density at radius 3 is 2.43 bits per heavy atom. The minimum Gasteiger partial charge on any atom is -0.353 e. The molecule has 2 saturated carbocycles. The van der Waals surface area contributed by atoms with E-state index < -0.39 is 0 Å². The maximum absolute atomic E-state index is 11.7. The van der Waals surface area contributed by atoms with Crippen LogP contribution in [0.15, 0.2) is 0 Å². The highest BCUT2D eigenvalue weighted by Gasteiger charge is 2.61. The Labute approximate surface area is 90.4 Å². The lowest BCUT2D eigenvalue weighted by Gasteiger charge is -2.30. The molecule has 3 nitrogen and oxygen atoms in total. The lowest BCUT2D eigenvalue weighted by Crippen LogP contribution is -2.48. The second-order valence-corrected chi connectivity index (χ2v) is 4.86. The quantitative estimate of drug-likeness (QED) is 0.713. The van der Waals surface area contributed by atoms with Gasteiger partial charge in [0, 0.05) is 30.5 Å². The maximum atomic E-state index is 11.7. The zero-order valence-electron chi connectivity index (χ0n) is 8.21. The minimum absolute atomic E-state index is 0. The number of halogens is 1. The van der Waals surface area contributed by atoms with Crippen molar-refractivity contribution in [2.24, 2.45) is 11.3 Å². The summed E-state index contributed by atoms with van der Waals surface area (Å²) in [4.78, 5) is 11.7. The minimum atomic E-state index is 0. The summed E-state index contributed by atoms with van der Waals surface area (Å²) in [5.41, 5.74) is 0.397. The molecular weight excluding hydrogens is 200 g/mol. The van der Waals surface area contributed by atoms with Gasteiger partial charge in [-0.15, -0.1) is 12.4 Å². The van der Waals surface area contributed by atoms with Crippen molar-refractivity contribution in [1.29, 1.82) is 0 Å². The third-order valence-corrected chi connectivity index (χ3v) is 3.91. The maximum Gasteiger partial charge on any atom is 0.224 e. The summed E-state index contributed by atoms with van der Waals surface area (Å²) in [6, 6.07) is 0.512. The molecule has 1 aliphatic heterocycles. The van der Waals surface area contributed by atoms with E-state index in [9.17, 15) is 4.79 Å². The molecule has 0 radical (unpaired) electrons. The number of carbonyl (C=O) groups excluding carboxylic acids is 1. The van der Waals surface area contributed by atoms with Crippen LogP contribution in [0.5, 0.6) is 0 Å². The Hall–Kier alpha value is -0.280. The van der Waals surface area contributed by atoms with Crippen molar-refractivity contribution in [3.8, 4) is 0 Å². The van der Waals surface area contributed by atoms with E-state index >= 15 is 0 Å². The van der Waals surface area contributed by atoms with E-state index in [2.05, 4.69) is 10.6 Å². The first kappa shape index (κ1) is 10.2. The summed E-state index contributed by atoms with van der Waals surface area (Å²) in [5, 5.41) is 6.39. The molecule has 3 fully saturated rings. The summed E-state index contributed by atoms with van der Waals surface area (Å²) >= 11 is 0. The number of nitrogens with one attached hydrogen (secondary N) is 2. The Bertz CT molecular complexity index is 249. The van der Waals surface area contributed by atoms with Crippen molar-refractivity contribution in [2.75, 3.05) is 13.1 Å². The third kappa shape index (κ3) is 1.43. The SMILES string of the molecule is Cl.O=C(NC1CCC1)C1CC12CNC2. The molecule has 0 aromatic heterocycles. The van der Waals surface area contributed by atoms with Gasteiger partial charge in [0.15, 0.2) is 0 Å². The molecule has 3 rings (SSSR count). The fourth-order valence-electron chi connectivity index (χ4n) is 2.41. The molecule has 1 heterocycles. The Balaban J connectivity index is 0.000000750. The largest absolute Gasteiger partial charge is 0.353 e. The molecule has 1 spiro atoms. The fraction of sp³-hybridized carbons (Fsp3) is 0.900. The Morgan fingerprint density at radius 1 is 1.36 bits per heavy atom. The van der Waals surface area contributed by atoms with Gasteiger partial charge in [-0.2, -0.15) is 0 Å². The van der Waals surface area contributed by atoms with Gasteiger partial charge in [-0.1, -0.05) is 0 Å². The summed E-state index contributed by atoms with van der Waals surface area (Å²) in [6.07, 6.45) is 4.81. The lowest BCUT2D eigenvalue weighted by molar-refractivity contribution is -0.124. The van der Waals surface area contributed by atoms with E-state index in [1.807, 2.05) is 0 Å². The summed E-state index contributed by atoms with van der Waals surface area (Å²) in [6.45, 7) is 2.13. The van der Waals surface area contributed by atoms with Crippen molar-refractivity contribution in [1.82, 2.24) is 10.6 Å². The van der Waals surface area contributed by atoms with Crippen LogP contribution in [0.4, 0.5) is 0 Å². The zero-order valence-corrected chi connectivity index (χ0v) is 9.03. The third-order valence-electron chi connectivity index (χ3n) is 3.91. The second-order valence-electron chi connectivity index (χ2n) is 4.86. The lowest BCUT2D eigenvalue weighted by atomic mass is 9.92. The number of amides is 1. The molecule has 3 aliphatic rings. The van der Waals surface area contributed by atoms with Gasteiger partial charge in [-0.3, -0.25) is 4.79 Å². The van der Waals surface area contributed by atoms with E-state index in [1.54, 1.807) is 0 Å². The van der Waals surface area contributed by atoms with Gasteiger partial charge in [-0.25, -0.2) is 0 Å². The first-order chi connectivity index (χ1) is 6.30. The highest BCUT2D eigenvalue weighted by molar-refractivity contribution is 5.85. The van der Waals surface area contributed by atoms with Crippen LogP contribution < -0.4 is 10.6 Å². The summed E-state index contributed by atoms with van der Waals surface area (Å²) in [5.74, 6) is 0.667. The van der Waals surface area contributed by atoms with E-state index in [0.29, 0.717) is 23.3 Å². The van der Waals surface area contributed by atoms with Crippen molar-refractivity contribution in [3.63, 3.8) is 0 Å². The van der Waals surface area contributed by atoms with E-state index in [0.717, 1.165) is 19.5 Å². The van der Waals surface area contributed by atoms with Crippen molar-refractivity contribution in [3.05, 3.63) is 0 Å². The van der Waals surface area contributed by atoms with Crippen LogP contribution >= 0.6 is 12.4 Å². The monoisotopic (exact) mass is 216 g/mol. The first-order valence-corrected chi connectivity index (χ1v) is 5.31. The van der Waals surface area contributed by atoms with Crippen molar-refractivity contribution >= 4 is 18.3 Å². The molecule has 1 atom stereocenters. The van der Waals surface area contributed by atoms with Crippen LogP contribution in [0.25, 0.3) is 0 Å². The van der Waals surface area contributed by atoms with Crippen molar-refractivity contribution < 1.29 is 4.79 Å². The molecule has 1 unspecified atom stereocenters. The molecule has 4 heteroatoms. The first-order valence-electron chi connectivity index (χ1n) is 5.31. The van der Waals surface area contributed by atoms with Gasteiger partial charge >= 0.3 is 0 Å². The molecular formula is C10H17ClN2O.